The highest BCUT2D eigenvalue weighted by molar-refractivity contribution is 7.11. The van der Waals surface area contributed by atoms with E-state index in [9.17, 15) is 9.18 Å². The van der Waals surface area contributed by atoms with E-state index in [1.54, 1.807) is 11.3 Å². The molecule has 4 aliphatic rings. The minimum Gasteiger partial charge on any atom is -0.345 e. The summed E-state index contributed by atoms with van der Waals surface area (Å²) in [4.78, 5) is 22.5. The molecule has 2 aliphatic heterocycles. The van der Waals surface area contributed by atoms with E-state index in [0.29, 0.717) is 35.9 Å². The lowest BCUT2D eigenvalue weighted by atomic mass is 9.67. The van der Waals surface area contributed by atoms with Crippen LogP contribution < -0.4 is 5.32 Å². The summed E-state index contributed by atoms with van der Waals surface area (Å²) >= 11 is 1.64. The SMILES string of the molecule is Cc1nc2c(s1)[C@]1(CCC2F)C[NH2+]CC1C(=O)N1CC[C@@H](c2ccccc2)C[C@H]1C1CCCCC1. The number of alkyl halides is 1. The molecule has 1 aromatic heterocycles. The van der Waals surface area contributed by atoms with Crippen molar-refractivity contribution in [2.24, 2.45) is 11.8 Å². The first kappa shape index (κ1) is 23.6. The predicted octanol–water partition coefficient (Wildman–Crippen LogP) is 5.04. The van der Waals surface area contributed by atoms with E-state index in [1.165, 1.54) is 37.7 Å². The van der Waals surface area contributed by atoms with Crippen LogP contribution in [0.25, 0.3) is 0 Å². The van der Waals surface area contributed by atoms with Crippen LogP contribution >= 0.6 is 11.3 Å². The zero-order valence-electron chi connectivity index (χ0n) is 20.9. The van der Waals surface area contributed by atoms with E-state index in [1.807, 2.05) is 6.92 Å². The number of piperidine rings is 1. The molecule has 6 rings (SSSR count). The molecular weight excluding hydrogens is 457 g/mol. The molecule has 3 fully saturated rings. The molecule has 2 unspecified atom stereocenters. The molecule has 1 saturated carbocycles. The zero-order valence-corrected chi connectivity index (χ0v) is 21.7. The lowest BCUT2D eigenvalue weighted by Gasteiger charge is -2.47. The first-order valence-corrected chi connectivity index (χ1v) is 14.7. The second-order valence-corrected chi connectivity index (χ2v) is 12.7. The molecule has 4 nitrogen and oxygen atoms in total. The van der Waals surface area contributed by atoms with Crippen LogP contribution in [0.4, 0.5) is 4.39 Å². The molecule has 2 aromatic rings. The number of hydrogen-bond donors (Lipinski definition) is 1. The Bertz CT molecular complexity index is 1050. The number of rotatable bonds is 3. The van der Waals surface area contributed by atoms with Gasteiger partial charge in [0.1, 0.15) is 12.1 Å². The summed E-state index contributed by atoms with van der Waals surface area (Å²) < 4.78 is 14.9. The Hall–Kier alpha value is -1.79. The Morgan fingerprint density at radius 2 is 1.94 bits per heavy atom. The van der Waals surface area contributed by atoms with Crippen molar-refractivity contribution < 1.29 is 14.5 Å². The number of likely N-dealkylation sites (tertiary alicyclic amines) is 1. The summed E-state index contributed by atoms with van der Waals surface area (Å²) in [7, 11) is 0. The van der Waals surface area contributed by atoms with Gasteiger partial charge in [-0.25, -0.2) is 9.37 Å². The number of benzene rings is 1. The van der Waals surface area contributed by atoms with Crippen LogP contribution in [0.2, 0.25) is 0 Å². The highest BCUT2D eigenvalue weighted by atomic mass is 32.1. The molecule has 0 radical (unpaired) electrons. The molecular formula is C29H39FN3OS+. The average Bonchev–Trinajstić information content (AvgIpc) is 3.51. The summed E-state index contributed by atoms with van der Waals surface area (Å²) in [6, 6.07) is 11.3. The molecule has 2 aliphatic carbocycles. The minimum atomic E-state index is -0.978. The number of nitrogens with two attached hydrogens (primary N) is 1. The lowest BCUT2D eigenvalue weighted by Crippen LogP contribution is -2.82. The predicted molar refractivity (Wildman–Crippen MR) is 137 cm³/mol. The standard InChI is InChI=1S/C29H38FN3OS/c1-19-32-26-24(30)12-14-29(27(26)35-19)18-31-17-23(29)28(34)33-15-13-22(20-8-4-2-5-9-20)16-25(33)21-10-6-3-7-11-21/h2,4-5,8-9,21-25,31H,3,6-7,10-18H2,1H3/p+1/t22-,23?,24?,25+,29-/m1/s1. The van der Waals surface area contributed by atoms with Gasteiger partial charge in [0.15, 0.2) is 0 Å². The zero-order chi connectivity index (χ0) is 24.0. The molecule has 1 amide bonds. The van der Waals surface area contributed by atoms with Gasteiger partial charge >= 0.3 is 0 Å². The van der Waals surface area contributed by atoms with Crippen molar-refractivity contribution in [2.75, 3.05) is 19.6 Å². The van der Waals surface area contributed by atoms with Crippen molar-refractivity contribution in [3.05, 3.63) is 51.5 Å². The van der Waals surface area contributed by atoms with E-state index >= 15 is 0 Å². The molecule has 2 N–H and O–H groups in total. The van der Waals surface area contributed by atoms with Crippen LogP contribution in [0.3, 0.4) is 0 Å². The maximum Gasteiger partial charge on any atom is 0.232 e. The Balaban J connectivity index is 1.30. The summed E-state index contributed by atoms with van der Waals surface area (Å²) in [6.45, 7) is 4.54. The quantitative estimate of drug-likeness (QED) is 0.647. The van der Waals surface area contributed by atoms with Crippen LogP contribution in [0, 0.1) is 18.8 Å². The number of halogens is 1. The van der Waals surface area contributed by atoms with Gasteiger partial charge in [-0.15, -0.1) is 11.3 Å². The largest absolute Gasteiger partial charge is 0.345 e. The number of aromatic nitrogens is 1. The first-order valence-electron chi connectivity index (χ1n) is 13.9. The van der Waals surface area contributed by atoms with Gasteiger partial charge < -0.3 is 10.2 Å². The maximum atomic E-state index is 14.9. The Kier molecular flexibility index (Phi) is 6.46. The Morgan fingerprint density at radius 3 is 2.74 bits per heavy atom. The van der Waals surface area contributed by atoms with Gasteiger partial charge in [0.2, 0.25) is 5.91 Å². The average molecular weight is 497 g/mol. The molecule has 35 heavy (non-hydrogen) atoms. The van der Waals surface area contributed by atoms with Gasteiger partial charge in [-0.2, -0.15) is 0 Å². The number of nitrogens with zero attached hydrogens (tertiary/aromatic N) is 2. The fraction of sp³-hybridized carbons (Fsp3) is 0.655. The van der Waals surface area contributed by atoms with Crippen molar-refractivity contribution >= 4 is 17.2 Å². The van der Waals surface area contributed by atoms with E-state index in [4.69, 9.17) is 0 Å². The monoisotopic (exact) mass is 496 g/mol. The fourth-order valence-electron chi connectivity index (χ4n) is 7.85. The number of carbonyl (C=O) groups is 1. The number of hydrogen-bond acceptors (Lipinski definition) is 3. The summed E-state index contributed by atoms with van der Waals surface area (Å²) in [6.07, 6.45) is 8.83. The van der Waals surface area contributed by atoms with Crippen molar-refractivity contribution in [2.45, 2.75) is 88.3 Å². The van der Waals surface area contributed by atoms with Crippen LogP contribution in [0.15, 0.2) is 30.3 Å². The lowest BCUT2D eigenvalue weighted by molar-refractivity contribution is -0.640. The second kappa shape index (κ2) is 9.59. The van der Waals surface area contributed by atoms with Gasteiger partial charge in [-0.1, -0.05) is 49.6 Å². The maximum absolute atomic E-state index is 14.9. The number of quaternary nitrogens is 1. The fourth-order valence-corrected chi connectivity index (χ4v) is 9.10. The Labute approximate surface area is 212 Å². The second-order valence-electron chi connectivity index (χ2n) is 11.5. The van der Waals surface area contributed by atoms with Gasteiger partial charge in [-0.05, 0) is 62.8 Å². The van der Waals surface area contributed by atoms with Crippen LogP contribution in [-0.2, 0) is 10.2 Å². The van der Waals surface area contributed by atoms with E-state index in [2.05, 4.69) is 45.5 Å². The topological polar surface area (TPSA) is 49.8 Å². The van der Waals surface area contributed by atoms with Crippen molar-refractivity contribution in [1.82, 2.24) is 9.88 Å². The number of fused-ring (bicyclic) bond motifs is 2. The third-order valence-corrected chi connectivity index (χ3v) is 10.8. The number of amides is 1. The van der Waals surface area contributed by atoms with Crippen LogP contribution in [-0.4, -0.2) is 41.5 Å². The van der Waals surface area contributed by atoms with E-state index in [-0.39, 0.29) is 11.3 Å². The molecule has 2 saturated heterocycles. The minimum absolute atomic E-state index is 0.0621. The van der Waals surface area contributed by atoms with Gasteiger partial charge in [0.05, 0.1) is 29.2 Å². The normalized spacial score (nSPS) is 33.7. The number of carbonyl (C=O) groups excluding carboxylic acids is 1. The molecule has 1 aromatic carbocycles. The molecule has 0 bridgehead atoms. The summed E-state index contributed by atoms with van der Waals surface area (Å²) in [5, 5.41) is 3.24. The summed E-state index contributed by atoms with van der Waals surface area (Å²) in [5.74, 6) is 1.43. The third-order valence-electron chi connectivity index (χ3n) is 9.62. The Morgan fingerprint density at radius 1 is 1.14 bits per heavy atom. The van der Waals surface area contributed by atoms with Crippen molar-refractivity contribution in [3.63, 3.8) is 0 Å². The third kappa shape index (κ3) is 4.15. The van der Waals surface area contributed by atoms with Crippen LogP contribution in [0.1, 0.15) is 91.0 Å². The van der Waals surface area contributed by atoms with E-state index in [0.717, 1.165) is 48.8 Å². The number of aryl methyl sites for hydroxylation is 1. The van der Waals surface area contributed by atoms with E-state index < -0.39 is 6.17 Å². The van der Waals surface area contributed by atoms with Crippen LogP contribution in [0.5, 0.6) is 0 Å². The van der Waals surface area contributed by atoms with Gasteiger partial charge in [0, 0.05) is 17.5 Å². The molecule has 5 atom stereocenters. The molecule has 1 spiro atoms. The summed E-state index contributed by atoms with van der Waals surface area (Å²) in [5.41, 5.74) is 1.82. The molecule has 3 heterocycles. The highest BCUT2D eigenvalue weighted by Crippen LogP contribution is 2.51. The highest BCUT2D eigenvalue weighted by Gasteiger charge is 2.57. The first-order chi connectivity index (χ1) is 17.1. The van der Waals surface area contributed by atoms with Gasteiger partial charge in [0.25, 0.3) is 0 Å². The number of thiazole rings is 1. The smallest absolute Gasteiger partial charge is 0.232 e. The van der Waals surface area contributed by atoms with Crippen molar-refractivity contribution in [1.29, 1.82) is 0 Å². The molecule has 6 heteroatoms. The van der Waals surface area contributed by atoms with Gasteiger partial charge in [-0.3, -0.25) is 4.79 Å². The van der Waals surface area contributed by atoms with Crippen molar-refractivity contribution in [3.8, 4) is 0 Å². The molecule has 188 valence electrons.